The number of piperidine rings is 1. The molecule has 0 spiro atoms. The summed E-state index contributed by atoms with van der Waals surface area (Å²) in [4.78, 5) is 6.62. The van der Waals surface area contributed by atoms with Crippen molar-refractivity contribution < 1.29 is 0 Å². The molecule has 2 bridgehead atoms. The Kier molecular flexibility index (Phi) is 2.27. The highest BCUT2D eigenvalue weighted by Gasteiger charge is 2.39. The first-order valence-electron chi connectivity index (χ1n) is 6.21. The van der Waals surface area contributed by atoms with Crippen LogP contribution in [-0.2, 0) is 0 Å². The lowest BCUT2D eigenvalue weighted by atomic mass is 9.86. The average molecular weight is 217 g/mol. The number of fused-ring (bicyclic) bond motifs is 2. The van der Waals surface area contributed by atoms with E-state index in [1.165, 1.54) is 12.8 Å². The summed E-state index contributed by atoms with van der Waals surface area (Å²) in [5.74, 6) is 3.29. The van der Waals surface area contributed by atoms with Crippen molar-refractivity contribution in [3.05, 3.63) is 18.3 Å². The van der Waals surface area contributed by atoms with Crippen LogP contribution in [0.3, 0.4) is 0 Å². The van der Waals surface area contributed by atoms with E-state index in [-0.39, 0.29) is 0 Å². The smallest absolute Gasteiger partial charge is 0.146 e. The number of nitrogens with two attached hydrogens (primary N) is 1. The van der Waals surface area contributed by atoms with Gasteiger partial charge in [-0.05, 0) is 42.7 Å². The molecule has 1 aliphatic carbocycles. The van der Waals surface area contributed by atoms with Gasteiger partial charge in [0.15, 0.2) is 0 Å². The van der Waals surface area contributed by atoms with E-state index in [1.807, 2.05) is 6.07 Å². The first kappa shape index (κ1) is 9.94. The Morgan fingerprint density at radius 3 is 2.62 bits per heavy atom. The minimum atomic E-state index is 0.677. The summed E-state index contributed by atoms with van der Waals surface area (Å²) >= 11 is 0. The van der Waals surface area contributed by atoms with Crippen LogP contribution in [0.1, 0.15) is 19.8 Å². The van der Waals surface area contributed by atoms with Gasteiger partial charge >= 0.3 is 0 Å². The fourth-order valence-corrected chi connectivity index (χ4v) is 3.37. The Bertz CT molecular complexity index is 377. The second kappa shape index (κ2) is 3.65. The third kappa shape index (κ3) is 1.46. The van der Waals surface area contributed by atoms with Crippen LogP contribution in [0.4, 0.5) is 11.5 Å². The predicted molar refractivity (Wildman–Crippen MR) is 66.2 cm³/mol. The number of aromatic nitrogens is 1. The lowest BCUT2D eigenvalue weighted by molar-refractivity contribution is 0.295. The molecular formula is C13H19N3. The molecule has 1 aromatic rings. The van der Waals surface area contributed by atoms with Crippen molar-refractivity contribution in [1.29, 1.82) is 0 Å². The van der Waals surface area contributed by atoms with Crippen molar-refractivity contribution in [2.45, 2.75) is 19.8 Å². The Morgan fingerprint density at radius 2 is 2.00 bits per heavy atom. The summed E-state index contributed by atoms with van der Waals surface area (Å²) in [7, 11) is 0. The van der Waals surface area contributed by atoms with Crippen molar-refractivity contribution in [2.75, 3.05) is 23.7 Å². The molecule has 16 heavy (non-hydrogen) atoms. The average Bonchev–Trinajstić information content (AvgIpc) is 2.53. The van der Waals surface area contributed by atoms with E-state index in [0.717, 1.165) is 36.5 Å². The SMILES string of the molecule is CC1C2CCC1CN(c1cccnc1N)C2. The van der Waals surface area contributed by atoms with Crippen molar-refractivity contribution in [1.82, 2.24) is 4.98 Å². The molecule has 3 rings (SSSR count). The molecule has 0 amide bonds. The molecule has 2 N–H and O–H groups in total. The zero-order chi connectivity index (χ0) is 11.1. The third-order valence-electron chi connectivity index (χ3n) is 4.46. The van der Waals surface area contributed by atoms with Gasteiger partial charge in [0.25, 0.3) is 0 Å². The lowest BCUT2D eigenvalue weighted by Gasteiger charge is -2.38. The van der Waals surface area contributed by atoms with E-state index < -0.39 is 0 Å². The summed E-state index contributed by atoms with van der Waals surface area (Å²) in [5.41, 5.74) is 7.08. The zero-order valence-electron chi connectivity index (χ0n) is 9.76. The molecule has 2 unspecified atom stereocenters. The molecule has 2 heterocycles. The molecule has 1 saturated heterocycles. The Labute approximate surface area is 96.7 Å². The van der Waals surface area contributed by atoms with Gasteiger partial charge in [-0.3, -0.25) is 0 Å². The van der Waals surface area contributed by atoms with Crippen molar-refractivity contribution >= 4 is 11.5 Å². The summed E-state index contributed by atoms with van der Waals surface area (Å²) in [6.45, 7) is 4.73. The molecule has 86 valence electrons. The highest BCUT2D eigenvalue weighted by atomic mass is 15.2. The van der Waals surface area contributed by atoms with Crippen LogP contribution in [0.5, 0.6) is 0 Å². The van der Waals surface area contributed by atoms with Crippen LogP contribution < -0.4 is 10.6 Å². The summed E-state index contributed by atoms with van der Waals surface area (Å²) < 4.78 is 0. The van der Waals surface area contributed by atoms with Crippen LogP contribution in [0, 0.1) is 17.8 Å². The normalized spacial score (nSPS) is 33.1. The van der Waals surface area contributed by atoms with E-state index in [9.17, 15) is 0 Å². The molecule has 3 heteroatoms. The van der Waals surface area contributed by atoms with Gasteiger partial charge < -0.3 is 10.6 Å². The first-order valence-corrected chi connectivity index (χ1v) is 6.21. The highest BCUT2D eigenvalue weighted by Crippen LogP contribution is 2.43. The van der Waals surface area contributed by atoms with Crippen LogP contribution in [0.15, 0.2) is 18.3 Å². The van der Waals surface area contributed by atoms with Gasteiger partial charge in [-0.1, -0.05) is 6.92 Å². The van der Waals surface area contributed by atoms with Crippen molar-refractivity contribution in [2.24, 2.45) is 17.8 Å². The zero-order valence-corrected chi connectivity index (χ0v) is 9.76. The van der Waals surface area contributed by atoms with Crippen LogP contribution in [-0.4, -0.2) is 18.1 Å². The topological polar surface area (TPSA) is 42.2 Å². The van der Waals surface area contributed by atoms with E-state index in [0.29, 0.717) is 5.82 Å². The molecule has 3 nitrogen and oxygen atoms in total. The number of hydrogen-bond acceptors (Lipinski definition) is 3. The van der Waals surface area contributed by atoms with Crippen molar-refractivity contribution in [3.63, 3.8) is 0 Å². The van der Waals surface area contributed by atoms with Crippen LogP contribution >= 0.6 is 0 Å². The molecule has 0 aromatic carbocycles. The Morgan fingerprint density at radius 1 is 1.31 bits per heavy atom. The van der Waals surface area contributed by atoms with Gasteiger partial charge in [0.2, 0.25) is 0 Å². The largest absolute Gasteiger partial charge is 0.382 e. The first-order chi connectivity index (χ1) is 7.75. The van der Waals surface area contributed by atoms with E-state index in [1.54, 1.807) is 6.20 Å². The number of rotatable bonds is 1. The van der Waals surface area contributed by atoms with E-state index >= 15 is 0 Å². The number of pyridine rings is 1. The fourth-order valence-electron chi connectivity index (χ4n) is 3.37. The number of nitrogen functional groups attached to an aromatic ring is 1. The maximum Gasteiger partial charge on any atom is 0.146 e. The molecule has 1 aromatic heterocycles. The van der Waals surface area contributed by atoms with Gasteiger partial charge in [0, 0.05) is 19.3 Å². The third-order valence-corrected chi connectivity index (χ3v) is 4.46. The highest BCUT2D eigenvalue weighted by molar-refractivity contribution is 5.63. The lowest BCUT2D eigenvalue weighted by Crippen LogP contribution is -2.41. The Hall–Kier alpha value is -1.25. The van der Waals surface area contributed by atoms with Gasteiger partial charge in [-0.15, -0.1) is 0 Å². The minimum Gasteiger partial charge on any atom is -0.382 e. The summed E-state index contributed by atoms with van der Waals surface area (Å²) in [5, 5.41) is 0. The fraction of sp³-hybridized carbons (Fsp3) is 0.615. The predicted octanol–water partition coefficient (Wildman–Crippen LogP) is 2.15. The second-order valence-corrected chi connectivity index (χ2v) is 5.27. The molecule has 2 fully saturated rings. The van der Waals surface area contributed by atoms with Gasteiger partial charge in [0.1, 0.15) is 5.82 Å². The van der Waals surface area contributed by atoms with Crippen LogP contribution in [0.25, 0.3) is 0 Å². The molecule has 2 atom stereocenters. The number of anilines is 2. The van der Waals surface area contributed by atoms with E-state index in [2.05, 4.69) is 22.9 Å². The molecule has 0 radical (unpaired) electrons. The maximum absolute atomic E-state index is 5.94. The maximum atomic E-state index is 5.94. The standard InChI is InChI=1S/C13H19N3/c1-9-10-4-5-11(9)8-16(7-10)12-3-2-6-15-13(12)14/h2-3,6,9-11H,4-5,7-8H2,1H3,(H2,14,15). The van der Waals surface area contributed by atoms with Crippen LogP contribution in [0.2, 0.25) is 0 Å². The Balaban J connectivity index is 1.86. The molecule has 1 saturated carbocycles. The second-order valence-electron chi connectivity index (χ2n) is 5.27. The number of nitrogens with zero attached hydrogens (tertiary/aromatic N) is 2. The molecule has 2 aliphatic rings. The number of hydrogen-bond donors (Lipinski definition) is 1. The van der Waals surface area contributed by atoms with Gasteiger partial charge in [-0.2, -0.15) is 0 Å². The molecule has 1 aliphatic heterocycles. The monoisotopic (exact) mass is 217 g/mol. The summed E-state index contributed by atoms with van der Waals surface area (Å²) in [6, 6.07) is 4.07. The van der Waals surface area contributed by atoms with Crippen molar-refractivity contribution in [3.8, 4) is 0 Å². The molecular weight excluding hydrogens is 198 g/mol. The quantitative estimate of drug-likeness (QED) is 0.783. The minimum absolute atomic E-state index is 0.677. The van der Waals surface area contributed by atoms with E-state index in [4.69, 9.17) is 5.73 Å². The van der Waals surface area contributed by atoms with Gasteiger partial charge in [-0.25, -0.2) is 4.98 Å². The van der Waals surface area contributed by atoms with Gasteiger partial charge in [0.05, 0.1) is 5.69 Å². The summed E-state index contributed by atoms with van der Waals surface area (Å²) in [6.07, 6.45) is 4.55.